The van der Waals surface area contributed by atoms with Crippen molar-refractivity contribution in [1.29, 1.82) is 0 Å². The molecule has 5 rings (SSSR count). The van der Waals surface area contributed by atoms with Gasteiger partial charge in [-0.3, -0.25) is 9.20 Å². The molecule has 1 aromatic carbocycles. The molecule has 4 aromatic rings. The van der Waals surface area contributed by atoms with Gasteiger partial charge in [0.2, 0.25) is 5.91 Å². The molecular formula is C23H21N5O2. The van der Waals surface area contributed by atoms with E-state index in [9.17, 15) is 4.79 Å². The summed E-state index contributed by atoms with van der Waals surface area (Å²) in [6.07, 6.45) is 5.69. The van der Waals surface area contributed by atoms with Crippen LogP contribution in [0.1, 0.15) is 10.4 Å². The Hall–Kier alpha value is -3.71. The molecular weight excluding hydrogens is 378 g/mol. The summed E-state index contributed by atoms with van der Waals surface area (Å²) in [4.78, 5) is 22.9. The summed E-state index contributed by atoms with van der Waals surface area (Å²) >= 11 is 0. The fourth-order valence-corrected chi connectivity index (χ4v) is 3.74. The summed E-state index contributed by atoms with van der Waals surface area (Å²) in [5, 5.41) is 0. The summed E-state index contributed by atoms with van der Waals surface area (Å²) < 4.78 is 7.40. The van der Waals surface area contributed by atoms with Crippen LogP contribution in [-0.4, -0.2) is 46.6 Å². The molecule has 1 aliphatic heterocycles. The van der Waals surface area contributed by atoms with Crippen LogP contribution in [0.5, 0.6) is 0 Å². The van der Waals surface area contributed by atoms with Crippen LogP contribution in [0.4, 0.5) is 5.82 Å². The van der Waals surface area contributed by atoms with E-state index in [4.69, 9.17) is 10.5 Å². The number of amides is 1. The lowest BCUT2D eigenvalue weighted by Crippen LogP contribution is -2.36. The second-order valence-electron chi connectivity index (χ2n) is 7.24. The molecule has 0 spiro atoms. The molecule has 1 aliphatic rings. The largest absolute Gasteiger partial charge is 0.378 e. The Bertz CT molecular complexity index is 1210. The highest BCUT2D eigenvalue weighted by molar-refractivity contribution is 5.94. The number of fused-ring (bicyclic) bond motifs is 1. The van der Waals surface area contributed by atoms with E-state index >= 15 is 0 Å². The van der Waals surface area contributed by atoms with Gasteiger partial charge in [-0.15, -0.1) is 0 Å². The van der Waals surface area contributed by atoms with E-state index in [0.29, 0.717) is 5.56 Å². The topological polar surface area (TPSA) is 85.8 Å². The standard InChI is InChI=1S/C23H21N5O2/c24-23(29)18-3-1-2-17(12-18)20-15-26-22-13-16(6-7-28(20)22)19-4-5-21(25-14-19)27-8-10-30-11-9-27/h1-7,12-15H,8-11H2,(H2,24,29). The van der Waals surface area contributed by atoms with Crippen LogP contribution >= 0.6 is 0 Å². The third-order valence-corrected chi connectivity index (χ3v) is 5.37. The number of nitrogens with zero attached hydrogens (tertiary/aromatic N) is 4. The Morgan fingerprint density at radius 3 is 2.57 bits per heavy atom. The first-order chi connectivity index (χ1) is 14.7. The van der Waals surface area contributed by atoms with Crippen molar-refractivity contribution in [2.75, 3.05) is 31.2 Å². The lowest BCUT2D eigenvalue weighted by molar-refractivity contribution is 0.100. The van der Waals surface area contributed by atoms with Gasteiger partial charge in [0.05, 0.1) is 25.1 Å². The van der Waals surface area contributed by atoms with Crippen molar-refractivity contribution in [3.05, 3.63) is 72.7 Å². The van der Waals surface area contributed by atoms with Crippen LogP contribution in [0.3, 0.4) is 0 Å². The van der Waals surface area contributed by atoms with E-state index in [1.807, 2.05) is 41.1 Å². The van der Waals surface area contributed by atoms with E-state index < -0.39 is 5.91 Å². The van der Waals surface area contributed by atoms with Gasteiger partial charge in [0, 0.05) is 42.2 Å². The van der Waals surface area contributed by atoms with E-state index in [1.165, 1.54) is 0 Å². The molecule has 1 saturated heterocycles. The Morgan fingerprint density at radius 2 is 1.80 bits per heavy atom. The maximum absolute atomic E-state index is 11.5. The Labute approximate surface area is 173 Å². The number of ether oxygens (including phenoxy) is 1. The average Bonchev–Trinajstić information content (AvgIpc) is 3.23. The molecule has 3 aromatic heterocycles. The molecule has 7 nitrogen and oxygen atoms in total. The number of imidazole rings is 1. The number of nitrogens with two attached hydrogens (primary N) is 1. The predicted octanol–water partition coefficient (Wildman–Crippen LogP) is 3.00. The fraction of sp³-hybridized carbons (Fsp3) is 0.174. The number of rotatable bonds is 4. The molecule has 7 heteroatoms. The summed E-state index contributed by atoms with van der Waals surface area (Å²) in [6.45, 7) is 3.22. The second kappa shape index (κ2) is 7.61. The first-order valence-corrected chi connectivity index (χ1v) is 9.85. The summed E-state index contributed by atoms with van der Waals surface area (Å²) in [7, 11) is 0. The van der Waals surface area contributed by atoms with Gasteiger partial charge >= 0.3 is 0 Å². The van der Waals surface area contributed by atoms with Crippen LogP contribution in [-0.2, 0) is 4.74 Å². The molecule has 30 heavy (non-hydrogen) atoms. The molecule has 1 amide bonds. The van der Waals surface area contributed by atoms with E-state index in [1.54, 1.807) is 18.3 Å². The zero-order valence-corrected chi connectivity index (χ0v) is 16.4. The number of benzene rings is 1. The Balaban J connectivity index is 1.45. The Morgan fingerprint density at radius 1 is 0.933 bits per heavy atom. The van der Waals surface area contributed by atoms with Gasteiger partial charge in [0.25, 0.3) is 0 Å². The van der Waals surface area contributed by atoms with Crippen LogP contribution in [0.2, 0.25) is 0 Å². The number of anilines is 1. The van der Waals surface area contributed by atoms with Gasteiger partial charge in [0.1, 0.15) is 11.5 Å². The molecule has 0 atom stereocenters. The van der Waals surface area contributed by atoms with Crippen molar-refractivity contribution in [3.8, 4) is 22.4 Å². The minimum atomic E-state index is -0.444. The fourth-order valence-electron chi connectivity index (χ4n) is 3.74. The minimum absolute atomic E-state index is 0.444. The third-order valence-electron chi connectivity index (χ3n) is 5.37. The molecule has 1 fully saturated rings. The number of carbonyl (C=O) groups is 1. The van der Waals surface area contributed by atoms with E-state index in [2.05, 4.69) is 27.0 Å². The highest BCUT2D eigenvalue weighted by Crippen LogP contribution is 2.26. The average molecular weight is 399 g/mol. The number of morpholine rings is 1. The zero-order chi connectivity index (χ0) is 20.5. The Kier molecular flexibility index (Phi) is 4.65. The van der Waals surface area contributed by atoms with Gasteiger partial charge in [-0.05, 0) is 42.0 Å². The van der Waals surface area contributed by atoms with Crippen LogP contribution in [0.15, 0.2) is 67.1 Å². The smallest absolute Gasteiger partial charge is 0.248 e. The van der Waals surface area contributed by atoms with Gasteiger partial charge in [-0.1, -0.05) is 12.1 Å². The van der Waals surface area contributed by atoms with Crippen molar-refractivity contribution < 1.29 is 9.53 Å². The van der Waals surface area contributed by atoms with Crippen LogP contribution in [0, 0.1) is 0 Å². The van der Waals surface area contributed by atoms with Gasteiger partial charge in [-0.2, -0.15) is 0 Å². The number of pyridine rings is 2. The molecule has 0 saturated carbocycles. The quantitative estimate of drug-likeness (QED) is 0.570. The highest BCUT2D eigenvalue weighted by atomic mass is 16.5. The number of primary amides is 1. The first-order valence-electron chi connectivity index (χ1n) is 9.85. The molecule has 2 N–H and O–H groups in total. The second-order valence-corrected chi connectivity index (χ2v) is 7.24. The molecule has 0 aliphatic carbocycles. The van der Waals surface area contributed by atoms with E-state index in [-0.39, 0.29) is 0 Å². The zero-order valence-electron chi connectivity index (χ0n) is 16.4. The molecule has 150 valence electrons. The lowest BCUT2D eigenvalue weighted by atomic mass is 10.1. The third kappa shape index (κ3) is 3.40. The van der Waals surface area contributed by atoms with Crippen molar-refractivity contribution in [2.45, 2.75) is 0 Å². The van der Waals surface area contributed by atoms with E-state index in [0.717, 1.165) is 60.2 Å². The first kappa shape index (κ1) is 18.3. The van der Waals surface area contributed by atoms with Crippen LogP contribution in [0.25, 0.3) is 28.0 Å². The van der Waals surface area contributed by atoms with Crippen molar-refractivity contribution >= 4 is 17.4 Å². The van der Waals surface area contributed by atoms with Crippen molar-refractivity contribution in [3.63, 3.8) is 0 Å². The maximum atomic E-state index is 11.5. The molecule has 0 unspecified atom stereocenters. The van der Waals surface area contributed by atoms with Crippen LogP contribution < -0.4 is 10.6 Å². The molecule has 4 heterocycles. The van der Waals surface area contributed by atoms with Crippen molar-refractivity contribution in [2.24, 2.45) is 5.73 Å². The number of aromatic nitrogens is 3. The maximum Gasteiger partial charge on any atom is 0.248 e. The monoisotopic (exact) mass is 399 g/mol. The highest BCUT2D eigenvalue weighted by Gasteiger charge is 2.13. The number of hydrogen-bond donors (Lipinski definition) is 1. The SMILES string of the molecule is NC(=O)c1cccc(-c2cnc3cc(-c4ccc(N5CCOCC5)nc4)ccn23)c1. The van der Waals surface area contributed by atoms with Gasteiger partial charge in [0.15, 0.2) is 0 Å². The molecule has 0 radical (unpaired) electrons. The van der Waals surface area contributed by atoms with Crippen molar-refractivity contribution in [1.82, 2.24) is 14.4 Å². The van der Waals surface area contributed by atoms with Gasteiger partial charge in [-0.25, -0.2) is 9.97 Å². The number of hydrogen-bond acceptors (Lipinski definition) is 5. The normalized spacial score (nSPS) is 14.2. The minimum Gasteiger partial charge on any atom is -0.378 e. The summed E-state index contributed by atoms with van der Waals surface area (Å²) in [5.74, 6) is 0.529. The summed E-state index contributed by atoms with van der Waals surface area (Å²) in [6, 6.07) is 15.5. The lowest BCUT2D eigenvalue weighted by Gasteiger charge is -2.27. The van der Waals surface area contributed by atoms with Gasteiger partial charge < -0.3 is 15.4 Å². The predicted molar refractivity (Wildman–Crippen MR) is 115 cm³/mol. The number of carbonyl (C=O) groups excluding carboxylic acids is 1. The molecule has 0 bridgehead atoms. The summed E-state index contributed by atoms with van der Waals surface area (Å²) in [5.41, 5.74) is 10.6.